The van der Waals surface area contributed by atoms with Gasteiger partial charge in [-0.3, -0.25) is 9.97 Å². The van der Waals surface area contributed by atoms with E-state index in [4.69, 9.17) is 11.6 Å². The van der Waals surface area contributed by atoms with E-state index in [1.54, 1.807) is 29.9 Å². The summed E-state index contributed by atoms with van der Waals surface area (Å²) in [6.45, 7) is 0. The summed E-state index contributed by atoms with van der Waals surface area (Å²) in [6, 6.07) is 0. The molecule has 2 rings (SSSR count). The largest absolute Gasteiger partial charge is 0.261 e. The van der Waals surface area contributed by atoms with Crippen molar-refractivity contribution in [2.45, 2.75) is 6.42 Å². The lowest BCUT2D eigenvalue weighted by atomic mass is 10.4. The smallest absolute Gasteiger partial charge is 0.143 e. The maximum atomic E-state index is 5.63. The molecule has 0 amide bonds. The Bertz CT molecular complexity index is 401. The van der Waals surface area contributed by atoms with Gasteiger partial charge in [-0.2, -0.15) is 0 Å². The zero-order valence-corrected chi connectivity index (χ0v) is 8.92. The number of aromatic nitrogens is 3. The van der Waals surface area contributed by atoms with E-state index in [0.717, 1.165) is 22.8 Å². The van der Waals surface area contributed by atoms with Crippen LogP contribution in [0.2, 0.25) is 0 Å². The number of hydrogen-bond donors (Lipinski definition) is 0. The monoisotopic (exact) mass is 225 g/mol. The molecule has 0 fully saturated rings. The van der Waals surface area contributed by atoms with Crippen molar-refractivity contribution in [3.05, 3.63) is 29.7 Å². The first-order valence-corrected chi connectivity index (χ1v) is 5.58. The van der Waals surface area contributed by atoms with Gasteiger partial charge in [-0.1, -0.05) is 0 Å². The molecule has 14 heavy (non-hydrogen) atoms. The van der Waals surface area contributed by atoms with Crippen LogP contribution >= 0.6 is 22.9 Å². The van der Waals surface area contributed by atoms with Crippen molar-refractivity contribution in [1.82, 2.24) is 15.0 Å². The number of thiazole rings is 1. The summed E-state index contributed by atoms with van der Waals surface area (Å²) in [5.41, 5.74) is 1.84. The van der Waals surface area contributed by atoms with Gasteiger partial charge in [0.25, 0.3) is 0 Å². The highest BCUT2D eigenvalue weighted by Gasteiger charge is 2.04. The van der Waals surface area contributed by atoms with Crippen molar-refractivity contribution in [1.29, 1.82) is 0 Å². The number of alkyl halides is 1. The van der Waals surface area contributed by atoms with E-state index >= 15 is 0 Å². The topological polar surface area (TPSA) is 38.7 Å². The van der Waals surface area contributed by atoms with Gasteiger partial charge >= 0.3 is 0 Å². The van der Waals surface area contributed by atoms with Crippen LogP contribution in [0.1, 0.15) is 5.69 Å². The lowest BCUT2D eigenvalue weighted by molar-refractivity contribution is 1.07. The predicted octanol–water partition coefficient (Wildman–Crippen LogP) is 2.38. The highest BCUT2D eigenvalue weighted by atomic mass is 35.5. The SMILES string of the molecule is ClCCc1csc(-c2cnccn2)n1. The Labute approximate surface area is 90.8 Å². The van der Waals surface area contributed by atoms with Gasteiger partial charge in [0.2, 0.25) is 0 Å². The van der Waals surface area contributed by atoms with Crippen LogP contribution in [-0.2, 0) is 6.42 Å². The van der Waals surface area contributed by atoms with Gasteiger partial charge in [0, 0.05) is 30.1 Å². The van der Waals surface area contributed by atoms with E-state index in [0.29, 0.717) is 5.88 Å². The van der Waals surface area contributed by atoms with Crippen molar-refractivity contribution in [3.63, 3.8) is 0 Å². The molecule has 2 heterocycles. The summed E-state index contributed by atoms with van der Waals surface area (Å²) in [7, 11) is 0. The molecule has 0 aromatic carbocycles. The lowest BCUT2D eigenvalue weighted by Crippen LogP contribution is -1.87. The van der Waals surface area contributed by atoms with Gasteiger partial charge in [0.05, 0.1) is 11.9 Å². The summed E-state index contributed by atoms with van der Waals surface area (Å²) in [5, 5.41) is 2.91. The number of nitrogens with zero attached hydrogens (tertiary/aromatic N) is 3. The van der Waals surface area contributed by atoms with Crippen LogP contribution in [0.3, 0.4) is 0 Å². The quantitative estimate of drug-likeness (QED) is 0.753. The van der Waals surface area contributed by atoms with E-state index in [1.165, 1.54) is 0 Å². The fraction of sp³-hybridized carbons (Fsp3) is 0.222. The van der Waals surface area contributed by atoms with Crippen molar-refractivity contribution >= 4 is 22.9 Å². The van der Waals surface area contributed by atoms with E-state index < -0.39 is 0 Å². The van der Waals surface area contributed by atoms with E-state index in [2.05, 4.69) is 15.0 Å². The Morgan fingerprint density at radius 3 is 3.00 bits per heavy atom. The van der Waals surface area contributed by atoms with E-state index in [9.17, 15) is 0 Å². The summed E-state index contributed by atoms with van der Waals surface area (Å²) >= 11 is 7.20. The average molecular weight is 226 g/mol. The minimum atomic E-state index is 0.601. The second kappa shape index (κ2) is 4.48. The molecule has 0 spiro atoms. The first-order chi connectivity index (χ1) is 6.90. The fourth-order valence-corrected chi connectivity index (χ4v) is 2.05. The van der Waals surface area contributed by atoms with Crippen LogP contribution in [0.25, 0.3) is 10.7 Å². The van der Waals surface area contributed by atoms with Crippen LogP contribution in [0, 0.1) is 0 Å². The molecule has 5 heteroatoms. The Morgan fingerprint density at radius 1 is 1.36 bits per heavy atom. The number of rotatable bonds is 3. The summed E-state index contributed by atoms with van der Waals surface area (Å²) in [5.74, 6) is 0.601. The molecular formula is C9H8ClN3S. The summed E-state index contributed by atoms with van der Waals surface area (Å²) < 4.78 is 0. The predicted molar refractivity (Wildman–Crippen MR) is 57.6 cm³/mol. The lowest BCUT2D eigenvalue weighted by Gasteiger charge is -1.92. The molecule has 0 atom stereocenters. The molecule has 0 bridgehead atoms. The third-order valence-electron chi connectivity index (χ3n) is 1.68. The van der Waals surface area contributed by atoms with Crippen LogP contribution in [0.15, 0.2) is 24.0 Å². The molecule has 0 radical (unpaired) electrons. The molecule has 0 aliphatic rings. The molecule has 2 aromatic heterocycles. The molecule has 0 aliphatic carbocycles. The zero-order valence-electron chi connectivity index (χ0n) is 7.35. The van der Waals surface area contributed by atoms with Crippen molar-refractivity contribution < 1.29 is 0 Å². The van der Waals surface area contributed by atoms with Gasteiger partial charge in [0.15, 0.2) is 0 Å². The Morgan fingerprint density at radius 2 is 2.29 bits per heavy atom. The van der Waals surface area contributed by atoms with Gasteiger partial charge < -0.3 is 0 Å². The normalized spacial score (nSPS) is 10.4. The highest BCUT2D eigenvalue weighted by molar-refractivity contribution is 7.13. The second-order valence-corrected chi connectivity index (χ2v) is 3.91. The third kappa shape index (κ3) is 2.08. The number of halogens is 1. The molecule has 0 saturated carbocycles. The van der Waals surface area contributed by atoms with Crippen molar-refractivity contribution in [3.8, 4) is 10.7 Å². The minimum absolute atomic E-state index is 0.601. The maximum absolute atomic E-state index is 5.63. The first kappa shape index (κ1) is 9.55. The molecule has 0 aliphatic heterocycles. The number of aryl methyl sites for hydroxylation is 1. The summed E-state index contributed by atoms with van der Waals surface area (Å²) in [6.07, 6.45) is 5.83. The molecule has 3 nitrogen and oxygen atoms in total. The van der Waals surface area contributed by atoms with Crippen LogP contribution in [0.5, 0.6) is 0 Å². The molecule has 2 aromatic rings. The van der Waals surface area contributed by atoms with Crippen molar-refractivity contribution in [2.75, 3.05) is 5.88 Å². The maximum Gasteiger partial charge on any atom is 0.143 e. The molecule has 0 N–H and O–H groups in total. The Balaban J connectivity index is 2.25. The molecular weight excluding hydrogens is 218 g/mol. The third-order valence-corrected chi connectivity index (χ3v) is 2.79. The molecule has 72 valence electrons. The van der Waals surface area contributed by atoms with Crippen molar-refractivity contribution in [2.24, 2.45) is 0 Å². The van der Waals surface area contributed by atoms with Crippen LogP contribution in [-0.4, -0.2) is 20.8 Å². The van der Waals surface area contributed by atoms with Gasteiger partial charge in [0.1, 0.15) is 10.7 Å². The fourth-order valence-electron chi connectivity index (χ4n) is 1.05. The van der Waals surface area contributed by atoms with E-state index in [-0.39, 0.29) is 0 Å². The summed E-state index contributed by atoms with van der Waals surface area (Å²) in [4.78, 5) is 12.6. The Kier molecular flexibility index (Phi) is 3.06. The molecule has 0 saturated heterocycles. The molecule has 0 unspecified atom stereocenters. The van der Waals surface area contributed by atoms with Gasteiger partial charge in [-0.05, 0) is 0 Å². The number of hydrogen-bond acceptors (Lipinski definition) is 4. The highest BCUT2D eigenvalue weighted by Crippen LogP contribution is 2.20. The standard InChI is InChI=1S/C9H8ClN3S/c10-2-1-7-6-14-9(13-7)8-5-11-3-4-12-8/h3-6H,1-2H2. The average Bonchev–Trinajstić information content (AvgIpc) is 2.68. The first-order valence-electron chi connectivity index (χ1n) is 4.17. The Hall–Kier alpha value is -1.00. The zero-order chi connectivity index (χ0) is 9.80. The van der Waals surface area contributed by atoms with E-state index in [1.807, 2.05) is 5.38 Å². The second-order valence-electron chi connectivity index (χ2n) is 2.67. The minimum Gasteiger partial charge on any atom is -0.261 e. The van der Waals surface area contributed by atoms with Crippen LogP contribution < -0.4 is 0 Å². The van der Waals surface area contributed by atoms with Gasteiger partial charge in [-0.15, -0.1) is 22.9 Å². The van der Waals surface area contributed by atoms with Crippen LogP contribution in [0.4, 0.5) is 0 Å². The van der Waals surface area contributed by atoms with Gasteiger partial charge in [-0.25, -0.2) is 4.98 Å².